The maximum absolute atomic E-state index is 11.6. The standard InChI is InChI=1S/C13H19NO2/c1-2-3-7-10-16-13(15)12(14)11-8-5-4-6-9-11/h4-6,8-9,12H,2-3,7,10,14H2,1H3/t12-/m0/s1. The second-order valence-corrected chi connectivity index (χ2v) is 3.76. The lowest BCUT2D eigenvalue weighted by molar-refractivity contribution is -0.145. The molecular formula is C13H19NO2. The van der Waals surface area contributed by atoms with Crippen LogP contribution in [0.1, 0.15) is 37.8 Å². The van der Waals surface area contributed by atoms with Crippen LogP contribution in [0.5, 0.6) is 0 Å². The molecule has 0 aliphatic rings. The van der Waals surface area contributed by atoms with E-state index in [4.69, 9.17) is 10.5 Å². The van der Waals surface area contributed by atoms with E-state index in [0.29, 0.717) is 6.61 Å². The normalized spacial score (nSPS) is 12.1. The van der Waals surface area contributed by atoms with Crippen LogP contribution in [0.2, 0.25) is 0 Å². The molecule has 3 nitrogen and oxygen atoms in total. The molecule has 0 aliphatic carbocycles. The van der Waals surface area contributed by atoms with Crippen molar-refractivity contribution in [2.24, 2.45) is 5.73 Å². The Hall–Kier alpha value is -1.35. The van der Waals surface area contributed by atoms with E-state index in [1.54, 1.807) is 0 Å². The average Bonchev–Trinajstić information content (AvgIpc) is 2.34. The molecule has 0 unspecified atom stereocenters. The van der Waals surface area contributed by atoms with Gasteiger partial charge in [0.15, 0.2) is 0 Å². The van der Waals surface area contributed by atoms with Gasteiger partial charge in [-0.25, -0.2) is 4.79 Å². The van der Waals surface area contributed by atoms with Gasteiger partial charge in [0.05, 0.1) is 6.61 Å². The number of carbonyl (C=O) groups excluding carboxylic acids is 1. The molecule has 3 heteroatoms. The smallest absolute Gasteiger partial charge is 0.327 e. The number of unbranched alkanes of at least 4 members (excludes halogenated alkanes) is 2. The molecule has 1 rings (SSSR count). The van der Waals surface area contributed by atoms with Gasteiger partial charge in [-0.05, 0) is 12.0 Å². The van der Waals surface area contributed by atoms with Crippen molar-refractivity contribution in [1.29, 1.82) is 0 Å². The first-order valence-electron chi connectivity index (χ1n) is 5.73. The van der Waals surface area contributed by atoms with Crippen LogP contribution < -0.4 is 5.73 Å². The van der Waals surface area contributed by atoms with Crippen molar-refractivity contribution in [3.63, 3.8) is 0 Å². The van der Waals surface area contributed by atoms with E-state index < -0.39 is 6.04 Å². The summed E-state index contributed by atoms with van der Waals surface area (Å²) in [6, 6.07) is 8.61. The van der Waals surface area contributed by atoms with Crippen LogP contribution in [-0.4, -0.2) is 12.6 Å². The number of carbonyl (C=O) groups is 1. The molecule has 0 aliphatic heterocycles. The van der Waals surface area contributed by atoms with Gasteiger partial charge in [-0.1, -0.05) is 50.1 Å². The minimum Gasteiger partial charge on any atom is -0.464 e. The second-order valence-electron chi connectivity index (χ2n) is 3.76. The number of esters is 1. The van der Waals surface area contributed by atoms with Crippen molar-refractivity contribution >= 4 is 5.97 Å². The first kappa shape index (κ1) is 12.7. The lowest BCUT2D eigenvalue weighted by atomic mass is 10.1. The highest BCUT2D eigenvalue weighted by atomic mass is 16.5. The van der Waals surface area contributed by atoms with Crippen molar-refractivity contribution in [3.05, 3.63) is 35.9 Å². The summed E-state index contributed by atoms with van der Waals surface area (Å²) in [5.41, 5.74) is 6.57. The Morgan fingerprint density at radius 3 is 2.62 bits per heavy atom. The van der Waals surface area contributed by atoms with E-state index >= 15 is 0 Å². The summed E-state index contributed by atoms with van der Waals surface area (Å²) < 4.78 is 5.10. The van der Waals surface area contributed by atoms with Crippen LogP contribution in [0.25, 0.3) is 0 Å². The van der Waals surface area contributed by atoms with Crippen molar-refractivity contribution in [1.82, 2.24) is 0 Å². The molecule has 1 aromatic rings. The summed E-state index contributed by atoms with van der Waals surface area (Å²) in [5, 5.41) is 0. The molecular weight excluding hydrogens is 202 g/mol. The summed E-state index contributed by atoms with van der Waals surface area (Å²) in [7, 11) is 0. The Morgan fingerprint density at radius 2 is 2.00 bits per heavy atom. The third-order valence-electron chi connectivity index (χ3n) is 2.40. The van der Waals surface area contributed by atoms with Crippen molar-refractivity contribution in [3.8, 4) is 0 Å². The lowest BCUT2D eigenvalue weighted by Gasteiger charge is -2.11. The van der Waals surface area contributed by atoms with Crippen LogP contribution in [0, 0.1) is 0 Å². The third-order valence-corrected chi connectivity index (χ3v) is 2.40. The molecule has 0 radical (unpaired) electrons. The lowest BCUT2D eigenvalue weighted by Crippen LogP contribution is -2.24. The Labute approximate surface area is 96.6 Å². The minimum atomic E-state index is -0.664. The molecule has 0 spiro atoms. The fourth-order valence-corrected chi connectivity index (χ4v) is 1.41. The van der Waals surface area contributed by atoms with E-state index in [2.05, 4.69) is 6.92 Å². The molecule has 1 aromatic carbocycles. The number of ether oxygens (including phenoxy) is 1. The summed E-state index contributed by atoms with van der Waals surface area (Å²) >= 11 is 0. The van der Waals surface area contributed by atoms with Crippen LogP contribution >= 0.6 is 0 Å². The minimum absolute atomic E-state index is 0.345. The largest absolute Gasteiger partial charge is 0.464 e. The molecule has 2 N–H and O–H groups in total. The third kappa shape index (κ3) is 4.03. The average molecular weight is 221 g/mol. The summed E-state index contributed by atoms with van der Waals surface area (Å²) in [4.78, 5) is 11.6. The Bertz CT molecular complexity index is 311. The van der Waals surface area contributed by atoms with Gasteiger partial charge >= 0.3 is 5.97 Å². The maximum Gasteiger partial charge on any atom is 0.327 e. The van der Waals surface area contributed by atoms with Crippen molar-refractivity contribution < 1.29 is 9.53 Å². The summed E-state index contributed by atoms with van der Waals surface area (Å²) in [5.74, 6) is -0.345. The van der Waals surface area contributed by atoms with Gasteiger partial charge in [0.1, 0.15) is 6.04 Å². The Morgan fingerprint density at radius 1 is 1.31 bits per heavy atom. The van der Waals surface area contributed by atoms with Gasteiger partial charge in [0.25, 0.3) is 0 Å². The predicted molar refractivity (Wildman–Crippen MR) is 63.9 cm³/mol. The van der Waals surface area contributed by atoms with E-state index in [9.17, 15) is 4.79 Å². The van der Waals surface area contributed by atoms with E-state index in [0.717, 1.165) is 24.8 Å². The quantitative estimate of drug-likeness (QED) is 0.593. The first-order valence-corrected chi connectivity index (χ1v) is 5.73. The molecule has 0 fully saturated rings. The number of nitrogens with two attached hydrogens (primary N) is 1. The highest BCUT2D eigenvalue weighted by Gasteiger charge is 2.16. The highest BCUT2D eigenvalue weighted by molar-refractivity contribution is 5.77. The van der Waals surface area contributed by atoms with Gasteiger partial charge in [-0.2, -0.15) is 0 Å². The molecule has 0 bridgehead atoms. The fourth-order valence-electron chi connectivity index (χ4n) is 1.41. The molecule has 16 heavy (non-hydrogen) atoms. The molecule has 0 aromatic heterocycles. The second kappa shape index (κ2) is 7.01. The number of rotatable bonds is 6. The van der Waals surface area contributed by atoms with Crippen LogP contribution in [0.3, 0.4) is 0 Å². The van der Waals surface area contributed by atoms with Gasteiger partial charge in [0.2, 0.25) is 0 Å². The maximum atomic E-state index is 11.6. The van der Waals surface area contributed by atoms with Crippen molar-refractivity contribution in [2.45, 2.75) is 32.2 Å². The molecule has 0 saturated carbocycles. The van der Waals surface area contributed by atoms with E-state index in [1.165, 1.54) is 0 Å². The topological polar surface area (TPSA) is 52.3 Å². The van der Waals surface area contributed by atoms with Crippen LogP contribution in [-0.2, 0) is 9.53 Å². The van der Waals surface area contributed by atoms with Crippen LogP contribution in [0.15, 0.2) is 30.3 Å². The summed E-state index contributed by atoms with van der Waals surface area (Å²) in [6.07, 6.45) is 3.10. The zero-order chi connectivity index (χ0) is 11.8. The Kier molecular flexibility index (Phi) is 5.57. The van der Waals surface area contributed by atoms with E-state index in [1.807, 2.05) is 30.3 Å². The first-order chi connectivity index (χ1) is 7.75. The molecule has 0 amide bonds. The highest BCUT2D eigenvalue weighted by Crippen LogP contribution is 2.11. The molecule has 1 atom stereocenters. The van der Waals surface area contributed by atoms with E-state index in [-0.39, 0.29) is 5.97 Å². The van der Waals surface area contributed by atoms with Gasteiger partial charge in [-0.3, -0.25) is 0 Å². The molecule has 0 saturated heterocycles. The SMILES string of the molecule is CCCCCOC(=O)[C@@H](N)c1ccccc1. The fraction of sp³-hybridized carbons (Fsp3) is 0.462. The Balaban J connectivity index is 2.37. The number of hydrogen-bond acceptors (Lipinski definition) is 3. The van der Waals surface area contributed by atoms with Crippen LogP contribution in [0.4, 0.5) is 0 Å². The monoisotopic (exact) mass is 221 g/mol. The van der Waals surface area contributed by atoms with Gasteiger partial charge in [-0.15, -0.1) is 0 Å². The van der Waals surface area contributed by atoms with Crippen molar-refractivity contribution in [2.75, 3.05) is 6.61 Å². The predicted octanol–water partition coefficient (Wildman–Crippen LogP) is 2.42. The van der Waals surface area contributed by atoms with Gasteiger partial charge < -0.3 is 10.5 Å². The zero-order valence-corrected chi connectivity index (χ0v) is 9.69. The molecule has 0 heterocycles. The zero-order valence-electron chi connectivity index (χ0n) is 9.69. The molecule has 88 valence electrons. The number of hydrogen-bond donors (Lipinski definition) is 1. The van der Waals surface area contributed by atoms with Gasteiger partial charge in [0, 0.05) is 0 Å². The number of benzene rings is 1. The summed E-state index contributed by atoms with van der Waals surface area (Å²) in [6.45, 7) is 2.57.